The summed E-state index contributed by atoms with van der Waals surface area (Å²) >= 11 is 1.61. The summed E-state index contributed by atoms with van der Waals surface area (Å²) in [6.07, 6.45) is 0.143. The highest BCUT2D eigenvalue weighted by atomic mass is 32.1. The summed E-state index contributed by atoms with van der Waals surface area (Å²) in [6.45, 7) is 2.02. The van der Waals surface area contributed by atoms with Crippen LogP contribution in [0.25, 0.3) is 0 Å². The molecule has 1 aromatic carbocycles. The van der Waals surface area contributed by atoms with Crippen LogP contribution in [-0.4, -0.2) is 11.1 Å². The van der Waals surface area contributed by atoms with Gasteiger partial charge in [0.15, 0.2) is 0 Å². The van der Waals surface area contributed by atoms with Crippen molar-refractivity contribution in [1.82, 2.24) is 0 Å². The maximum absolute atomic E-state index is 11.0. The first-order valence-corrected chi connectivity index (χ1v) is 6.36. The van der Waals surface area contributed by atoms with Crippen LogP contribution in [0.3, 0.4) is 0 Å². The zero-order chi connectivity index (χ0) is 12.3. The van der Waals surface area contributed by atoms with Gasteiger partial charge >= 0.3 is 5.97 Å². The minimum Gasteiger partial charge on any atom is -0.481 e. The molecule has 0 aliphatic carbocycles. The van der Waals surface area contributed by atoms with Gasteiger partial charge in [0.1, 0.15) is 0 Å². The van der Waals surface area contributed by atoms with Crippen LogP contribution in [-0.2, 0) is 4.79 Å². The van der Waals surface area contributed by atoms with Crippen molar-refractivity contribution in [2.45, 2.75) is 19.3 Å². The highest BCUT2D eigenvalue weighted by molar-refractivity contribution is 7.10. The minimum absolute atomic E-state index is 0.0348. The second-order valence-electron chi connectivity index (χ2n) is 4.08. The van der Waals surface area contributed by atoms with E-state index in [1.54, 1.807) is 11.3 Å². The summed E-state index contributed by atoms with van der Waals surface area (Å²) in [4.78, 5) is 12.1. The van der Waals surface area contributed by atoms with Crippen LogP contribution in [0.5, 0.6) is 0 Å². The van der Waals surface area contributed by atoms with Crippen molar-refractivity contribution in [3.05, 3.63) is 57.8 Å². The maximum Gasteiger partial charge on any atom is 0.304 e. The van der Waals surface area contributed by atoms with Crippen LogP contribution in [0.4, 0.5) is 0 Å². The lowest BCUT2D eigenvalue weighted by Gasteiger charge is -2.14. The summed E-state index contributed by atoms with van der Waals surface area (Å²) in [5, 5.41) is 11.0. The molecule has 0 aliphatic rings. The molecule has 1 aromatic heterocycles. The number of carboxylic acid groups (broad SMARTS) is 1. The molecular weight excluding hydrogens is 232 g/mol. The van der Waals surface area contributed by atoms with E-state index in [4.69, 9.17) is 5.11 Å². The predicted molar refractivity (Wildman–Crippen MR) is 69.6 cm³/mol. The van der Waals surface area contributed by atoms with Gasteiger partial charge in [-0.2, -0.15) is 0 Å². The predicted octanol–water partition coefficient (Wildman–Crippen LogP) is 3.66. The molecule has 88 valence electrons. The molecule has 0 saturated heterocycles. The Labute approximate surface area is 105 Å². The molecule has 17 heavy (non-hydrogen) atoms. The van der Waals surface area contributed by atoms with Crippen molar-refractivity contribution in [1.29, 1.82) is 0 Å². The van der Waals surface area contributed by atoms with E-state index in [1.807, 2.05) is 42.6 Å². The molecule has 1 heterocycles. The number of hydrogen-bond acceptors (Lipinski definition) is 2. The van der Waals surface area contributed by atoms with E-state index in [0.717, 1.165) is 16.0 Å². The number of hydrogen-bond donors (Lipinski definition) is 1. The fourth-order valence-electron chi connectivity index (χ4n) is 1.93. The molecule has 1 N–H and O–H groups in total. The normalized spacial score (nSPS) is 12.3. The third-order valence-electron chi connectivity index (χ3n) is 2.71. The van der Waals surface area contributed by atoms with Crippen LogP contribution < -0.4 is 0 Å². The van der Waals surface area contributed by atoms with Gasteiger partial charge in [0, 0.05) is 10.8 Å². The van der Waals surface area contributed by atoms with E-state index in [0.29, 0.717) is 0 Å². The fraction of sp³-hybridized carbons (Fsp3) is 0.214. The monoisotopic (exact) mass is 246 g/mol. The van der Waals surface area contributed by atoms with E-state index in [-0.39, 0.29) is 12.3 Å². The second-order valence-corrected chi connectivity index (χ2v) is 5.06. The minimum atomic E-state index is -0.759. The Morgan fingerprint density at radius 3 is 2.76 bits per heavy atom. The Morgan fingerprint density at radius 2 is 2.18 bits per heavy atom. The van der Waals surface area contributed by atoms with Gasteiger partial charge in [0.2, 0.25) is 0 Å². The molecule has 0 bridgehead atoms. The lowest BCUT2D eigenvalue weighted by Crippen LogP contribution is -2.06. The van der Waals surface area contributed by atoms with Crippen molar-refractivity contribution in [3.8, 4) is 0 Å². The molecule has 1 unspecified atom stereocenters. The van der Waals surface area contributed by atoms with E-state index < -0.39 is 5.97 Å². The summed E-state index contributed by atoms with van der Waals surface area (Å²) in [6, 6.07) is 12.0. The first kappa shape index (κ1) is 11.9. The first-order chi connectivity index (χ1) is 8.16. The smallest absolute Gasteiger partial charge is 0.304 e. The standard InChI is InChI=1S/C14H14O2S/c1-10-4-2-5-11(8-10)12(9-14(15)16)13-6-3-7-17-13/h2-8,12H,9H2,1H3,(H,15,16). The van der Waals surface area contributed by atoms with Gasteiger partial charge in [-0.1, -0.05) is 35.9 Å². The van der Waals surface area contributed by atoms with Gasteiger partial charge in [-0.3, -0.25) is 4.79 Å². The average molecular weight is 246 g/mol. The van der Waals surface area contributed by atoms with Gasteiger partial charge in [-0.05, 0) is 23.9 Å². The number of rotatable bonds is 4. The highest BCUT2D eigenvalue weighted by Gasteiger charge is 2.18. The van der Waals surface area contributed by atoms with Crippen molar-refractivity contribution >= 4 is 17.3 Å². The molecule has 0 aliphatic heterocycles. The number of aliphatic carboxylic acids is 1. The third-order valence-corrected chi connectivity index (χ3v) is 3.70. The number of carbonyl (C=O) groups is 1. The lowest BCUT2D eigenvalue weighted by molar-refractivity contribution is -0.137. The second kappa shape index (κ2) is 5.15. The number of carboxylic acids is 1. The van der Waals surface area contributed by atoms with Crippen LogP contribution in [0.1, 0.15) is 28.3 Å². The van der Waals surface area contributed by atoms with Crippen molar-refractivity contribution in [3.63, 3.8) is 0 Å². The molecular formula is C14H14O2S. The molecule has 0 fully saturated rings. The zero-order valence-electron chi connectivity index (χ0n) is 9.59. The maximum atomic E-state index is 11.0. The Bertz CT molecular complexity index is 503. The van der Waals surface area contributed by atoms with Crippen LogP contribution in [0, 0.1) is 6.92 Å². The quantitative estimate of drug-likeness (QED) is 0.893. The van der Waals surface area contributed by atoms with Crippen LogP contribution in [0.2, 0.25) is 0 Å². The number of thiophene rings is 1. The van der Waals surface area contributed by atoms with Gasteiger partial charge in [0.05, 0.1) is 6.42 Å². The van der Waals surface area contributed by atoms with E-state index >= 15 is 0 Å². The molecule has 3 heteroatoms. The molecule has 0 spiro atoms. The van der Waals surface area contributed by atoms with Crippen LogP contribution >= 0.6 is 11.3 Å². The molecule has 2 nitrogen and oxygen atoms in total. The van der Waals surface area contributed by atoms with E-state index in [1.165, 1.54) is 0 Å². The third kappa shape index (κ3) is 2.94. The summed E-state index contributed by atoms with van der Waals surface area (Å²) in [5.41, 5.74) is 2.24. The van der Waals surface area contributed by atoms with Crippen molar-refractivity contribution in [2.24, 2.45) is 0 Å². The Kier molecular flexibility index (Phi) is 3.59. The summed E-state index contributed by atoms with van der Waals surface area (Å²) < 4.78 is 0. The SMILES string of the molecule is Cc1cccc(C(CC(=O)O)c2cccs2)c1. The fourth-order valence-corrected chi connectivity index (χ4v) is 2.79. The topological polar surface area (TPSA) is 37.3 Å². The molecule has 2 aromatic rings. The Balaban J connectivity index is 2.36. The molecule has 2 rings (SSSR count). The molecule has 0 radical (unpaired) electrons. The van der Waals surface area contributed by atoms with Gasteiger partial charge in [0.25, 0.3) is 0 Å². The molecule has 0 amide bonds. The Hall–Kier alpha value is -1.61. The molecule has 0 saturated carbocycles. The average Bonchev–Trinajstić information content (AvgIpc) is 2.79. The van der Waals surface area contributed by atoms with Gasteiger partial charge < -0.3 is 5.11 Å². The zero-order valence-corrected chi connectivity index (χ0v) is 10.4. The number of aryl methyl sites for hydroxylation is 1. The Morgan fingerprint density at radius 1 is 1.35 bits per heavy atom. The van der Waals surface area contributed by atoms with E-state index in [9.17, 15) is 4.79 Å². The van der Waals surface area contributed by atoms with Crippen LogP contribution in [0.15, 0.2) is 41.8 Å². The lowest BCUT2D eigenvalue weighted by atomic mass is 9.93. The largest absolute Gasteiger partial charge is 0.481 e. The van der Waals surface area contributed by atoms with Crippen molar-refractivity contribution < 1.29 is 9.90 Å². The summed E-state index contributed by atoms with van der Waals surface area (Å²) in [7, 11) is 0. The van der Waals surface area contributed by atoms with Crippen molar-refractivity contribution in [2.75, 3.05) is 0 Å². The van der Waals surface area contributed by atoms with Gasteiger partial charge in [-0.15, -0.1) is 11.3 Å². The first-order valence-electron chi connectivity index (χ1n) is 5.48. The molecule has 1 atom stereocenters. The van der Waals surface area contributed by atoms with E-state index in [2.05, 4.69) is 6.07 Å². The van der Waals surface area contributed by atoms with Gasteiger partial charge in [-0.25, -0.2) is 0 Å². The summed E-state index contributed by atoms with van der Waals surface area (Å²) in [5.74, 6) is -0.794. The number of benzene rings is 1. The highest BCUT2D eigenvalue weighted by Crippen LogP contribution is 2.31.